The second-order valence-corrected chi connectivity index (χ2v) is 5.55. The number of carboxylic acid groups (broad SMARTS) is 1. The maximum Gasteiger partial charge on any atom is 0.307 e. The number of carbonyl (C=O) groups is 2. The van der Waals surface area contributed by atoms with Gasteiger partial charge in [-0.3, -0.25) is 14.5 Å². The first-order valence-corrected chi connectivity index (χ1v) is 7.42. The van der Waals surface area contributed by atoms with Crippen molar-refractivity contribution in [2.45, 2.75) is 26.2 Å². The summed E-state index contributed by atoms with van der Waals surface area (Å²) >= 11 is 0. The zero-order chi connectivity index (χ0) is 15.2. The summed E-state index contributed by atoms with van der Waals surface area (Å²) in [6, 6.07) is 7.87. The predicted octanol–water partition coefficient (Wildman–Crippen LogP) is 1.98. The van der Waals surface area contributed by atoms with Gasteiger partial charge >= 0.3 is 5.97 Å². The number of benzene rings is 1. The average molecular weight is 290 g/mol. The van der Waals surface area contributed by atoms with Gasteiger partial charge in [0, 0.05) is 12.2 Å². The van der Waals surface area contributed by atoms with Crippen LogP contribution in [0.25, 0.3) is 0 Å². The second-order valence-electron chi connectivity index (χ2n) is 5.55. The van der Waals surface area contributed by atoms with E-state index in [0.29, 0.717) is 19.5 Å². The third-order valence-electron chi connectivity index (χ3n) is 3.77. The molecular weight excluding hydrogens is 268 g/mol. The van der Waals surface area contributed by atoms with Crippen molar-refractivity contribution in [2.75, 3.05) is 25.0 Å². The van der Waals surface area contributed by atoms with Crippen LogP contribution in [0.5, 0.6) is 0 Å². The summed E-state index contributed by atoms with van der Waals surface area (Å²) in [5.74, 6) is -1.21. The quantitative estimate of drug-likeness (QED) is 0.840. The van der Waals surface area contributed by atoms with Crippen molar-refractivity contribution in [1.82, 2.24) is 4.90 Å². The van der Waals surface area contributed by atoms with Gasteiger partial charge in [0.1, 0.15) is 0 Å². The minimum absolute atomic E-state index is 0.0933. The van der Waals surface area contributed by atoms with Crippen LogP contribution in [0, 0.1) is 5.92 Å². The molecule has 0 spiro atoms. The van der Waals surface area contributed by atoms with Crippen molar-refractivity contribution in [3.63, 3.8) is 0 Å². The smallest absolute Gasteiger partial charge is 0.307 e. The van der Waals surface area contributed by atoms with Gasteiger partial charge in [-0.1, -0.05) is 25.5 Å². The number of carboxylic acids is 1. The van der Waals surface area contributed by atoms with Crippen LogP contribution < -0.4 is 5.32 Å². The first-order chi connectivity index (χ1) is 10.1. The van der Waals surface area contributed by atoms with E-state index in [0.717, 1.165) is 18.5 Å². The number of anilines is 1. The summed E-state index contributed by atoms with van der Waals surface area (Å²) in [6.45, 7) is 3.51. The van der Waals surface area contributed by atoms with Crippen LogP contribution in [-0.2, 0) is 16.0 Å². The first kappa shape index (κ1) is 15.5. The van der Waals surface area contributed by atoms with E-state index in [-0.39, 0.29) is 18.4 Å². The minimum Gasteiger partial charge on any atom is -0.481 e. The number of hydrogen-bond donors (Lipinski definition) is 2. The number of aliphatic carboxylic acids is 1. The van der Waals surface area contributed by atoms with Gasteiger partial charge in [0.25, 0.3) is 0 Å². The maximum absolute atomic E-state index is 12.0. The Labute approximate surface area is 125 Å². The van der Waals surface area contributed by atoms with Gasteiger partial charge in [0.15, 0.2) is 0 Å². The Kier molecular flexibility index (Phi) is 5.33. The predicted molar refractivity (Wildman–Crippen MR) is 81.2 cm³/mol. The summed E-state index contributed by atoms with van der Waals surface area (Å²) < 4.78 is 0. The highest BCUT2D eigenvalue weighted by Crippen LogP contribution is 2.16. The monoisotopic (exact) mass is 290 g/mol. The highest BCUT2D eigenvalue weighted by Gasteiger charge is 2.28. The molecule has 1 aliphatic rings. The fourth-order valence-corrected chi connectivity index (χ4v) is 2.62. The van der Waals surface area contributed by atoms with Crippen LogP contribution >= 0.6 is 0 Å². The molecule has 1 fully saturated rings. The lowest BCUT2D eigenvalue weighted by molar-refractivity contribution is -0.141. The zero-order valence-electron chi connectivity index (χ0n) is 12.3. The summed E-state index contributed by atoms with van der Waals surface area (Å²) in [5.41, 5.74) is 2.05. The summed E-state index contributed by atoms with van der Waals surface area (Å²) in [4.78, 5) is 24.7. The lowest BCUT2D eigenvalue weighted by Crippen LogP contribution is -2.32. The van der Waals surface area contributed by atoms with Crippen LogP contribution in [0.1, 0.15) is 25.3 Å². The minimum atomic E-state index is -0.774. The van der Waals surface area contributed by atoms with Crippen molar-refractivity contribution in [3.8, 4) is 0 Å². The number of nitrogens with one attached hydrogen (secondary N) is 1. The molecule has 1 atom stereocenters. The van der Waals surface area contributed by atoms with Crippen LogP contribution in [0.2, 0.25) is 0 Å². The Balaban J connectivity index is 1.80. The van der Waals surface area contributed by atoms with E-state index in [1.165, 1.54) is 5.56 Å². The summed E-state index contributed by atoms with van der Waals surface area (Å²) in [5, 5.41) is 11.8. The average Bonchev–Trinajstić information content (AvgIpc) is 2.90. The molecule has 1 aliphatic heterocycles. The number of amides is 1. The maximum atomic E-state index is 12.0. The van der Waals surface area contributed by atoms with Gasteiger partial charge in [-0.15, -0.1) is 0 Å². The highest BCUT2D eigenvalue weighted by atomic mass is 16.4. The second kappa shape index (κ2) is 7.22. The number of rotatable bonds is 6. The first-order valence-electron chi connectivity index (χ1n) is 7.42. The molecule has 5 nitrogen and oxygen atoms in total. The SMILES string of the molecule is CCCc1ccc(NC(=O)CN2CCC(C(=O)O)C2)cc1. The van der Waals surface area contributed by atoms with E-state index in [2.05, 4.69) is 12.2 Å². The molecule has 0 aromatic heterocycles. The van der Waals surface area contributed by atoms with Gasteiger partial charge in [-0.2, -0.15) is 0 Å². The van der Waals surface area contributed by atoms with E-state index >= 15 is 0 Å². The fraction of sp³-hybridized carbons (Fsp3) is 0.500. The molecule has 2 N–H and O–H groups in total. The summed E-state index contributed by atoms with van der Waals surface area (Å²) in [6.07, 6.45) is 2.76. The van der Waals surface area contributed by atoms with Gasteiger partial charge < -0.3 is 10.4 Å². The third-order valence-corrected chi connectivity index (χ3v) is 3.77. The molecule has 114 valence electrons. The van der Waals surface area contributed by atoms with Crippen LogP contribution in [0.3, 0.4) is 0 Å². The van der Waals surface area contributed by atoms with E-state index < -0.39 is 5.97 Å². The van der Waals surface area contributed by atoms with Crippen molar-refractivity contribution in [2.24, 2.45) is 5.92 Å². The van der Waals surface area contributed by atoms with E-state index in [1.807, 2.05) is 29.2 Å². The molecule has 21 heavy (non-hydrogen) atoms. The molecule has 2 rings (SSSR count). The number of likely N-dealkylation sites (tertiary alicyclic amines) is 1. The number of hydrogen-bond acceptors (Lipinski definition) is 3. The molecule has 1 amide bonds. The fourth-order valence-electron chi connectivity index (χ4n) is 2.62. The Morgan fingerprint density at radius 1 is 1.33 bits per heavy atom. The van der Waals surface area contributed by atoms with Crippen molar-refractivity contribution >= 4 is 17.6 Å². The standard InChI is InChI=1S/C16H22N2O3/c1-2-3-12-4-6-14(7-5-12)17-15(19)11-18-9-8-13(10-18)16(20)21/h4-7,13H,2-3,8-11H2,1H3,(H,17,19)(H,20,21). The van der Waals surface area contributed by atoms with Crippen molar-refractivity contribution in [3.05, 3.63) is 29.8 Å². The lowest BCUT2D eigenvalue weighted by Gasteiger charge is -2.14. The molecule has 1 saturated heterocycles. The van der Waals surface area contributed by atoms with Crippen molar-refractivity contribution < 1.29 is 14.7 Å². The topological polar surface area (TPSA) is 69.6 Å². The Bertz CT molecular complexity index is 499. The molecule has 1 aromatic rings. The normalized spacial score (nSPS) is 18.6. The molecule has 5 heteroatoms. The Hall–Kier alpha value is -1.88. The summed E-state index contributed by atoms with van der Waals surface area (Å²) in [7, 11) is 0. The molecule has 0 radical (unpaired) electrons. The van der Waals surface area contributed by atoms with E-state index in [9.17, 15) is 9.59 Å². The van der Waals surface area contributed by atoms with Crippen LogP contribution in [0.15, 0.2) is 24.3 Å². The molecule has 1 unspecified atom stereocenters. The van der Waals surface area contributed by atoms with E-state index in [1.54, 1.807) is 0 Å². The molecule has 1 heterocycles. The van der Waals surface area contributed by atoms with Crippen LogP contribution in [0.4, 0.5) is 5.69 Å². The number of aryl methyl sites for hydroxylation is 1. The molecule has 0 bridgehead atoms. The third kappa shape index (κ3) is 4.56. The lowest BCUT2D eigenvalue weighted by atomic mass is 10.1. The number of carbonyl (C=O) groups excluding carboxylic acids is 1. The largest absolute Gasteiger partial charge is 0.481 e. The Morgan fingerprint density at radius 3 is 2.62 bits per heavy atom. The molecule has 0 aliphatic carbocycles. The zero-order valence-corrected chi connectivity index (χ0v) is 12.3. The molecular formula is C16H22N2O3. The van der Waals surface area contributed by atoms with Gasteiger partial charge in [0.2, 0.25) is 5.91 Å². The van der Waals surface area contributed by atoms with Gasteiger partial charge in [-0.05, 0) is 37.1 Å². The van der Waals surface area contributed by atoms with Gasteiger partial charge in [0.05, 0.1) is 12.5 Å². The number of nitrogens with zero attached hydrogens (tertiary/aromatic N) is 1. The van der Waals surface area contributed by atoms with E-state index in [4.69, 9.17) is 5.11 Å². The van der Waals surface area contributed by atoms with Crippen molar-refractivity contribution in [1.29, 1.82) is 0 Å². The molecule has 0 saturated carbocycles. The Morgan fingerprint density at radius 2 is 2.05 bits per heavy atom. The highest BCUT2D eigenvalue weighted by molar-refractivity contribution is 5.92. The molecule has 1 aromatic carbocycles. The van der Waals surface area contributed by atoms with Gasteiger partial charge in [-0.25, -0.2) is 0 Å². The van der Waals surface area contributed by atoms with Crippen LogP contribution in [-0.4, -0.2) is 41.5 Å².